The molecule has 0 radical (unpaired) electrons. The van der Waals surface area contributed by atoms with E-state index in [9.17, 15) is 13.2 Å². The summed E-state index contributed by atoms with van der Waals surface area (Å²) in [5.41, 5.74) is 3.53. The van der Waals surface area contributed by atoms with Crippen molar-refractivity contribution in [3.8, 4) is 5.75 Å². The molecule has 1 saturated carbocycles. The van der Waals surface area contributed by atoms with Crippen molar-refractivity contribution in [2.24, 2.45) is 11.8 Å². The van der Waals surface area contributed by atoms with E-state index in [1.165, 1.54) is 23.6 Å². The molecule has 2 aliphatic carbocycles. The number of anilines is 1. The van der Waals surface area contributed by atoms with E-state index in [1.807, 2.05) is 12.1 Å². The number of benzene rings is 2. The van der Waals surface area contributed by atoms with Crippen molar-refractivity contribution in [1.82, 2.24) is 4.72 Å². The smallest absolute Gasteiger partial charge is 0.264 e. The molecule has 220 valence electrons. The van der Waals surface area contributed by atoms with Gasteiger partial charge in [-0.3, -0.25) is 4.79 Å². The molecular formula is C33H41ClN2O4S. The van der Waals surface area contributed by atoms with Crippen LogP contribution in [0.15, 0.2) is 61.2 Å². The number of fused-ring (bicyclic) bond motifs is 3. The predicted octanol–water partition coefficient (Wildman–Crippen LogP) is 6.83. The molecule has 1 amide bonds. The van der Waals surface area contributed by atoms with Crippen molar-refractivity contribution in [2.75, 3.05) is 30.3 Å². The fourth-order valence-corrected chi connectivity index (χ4v) is 7.71. The quantitative estimate of drug-likeness (QED) is 0.304. The van der Waals surface area contributed by atoms with E-state index >= 15 is 0 Å². The SMILES string of the molecule is C=CCCS(=O)(=O)NC(=O)c1ccc2c(c1)N(C[C@@H]1CC[C@H]1/C=C/CCC)C[C@@]1(CCCc3cc(Cl)ccc31)CO2. The summed E-state index contributed by atoms with van der Waals surface area (Å²) < 4.78 is 33.6. The number of allylic oxidation sites excluding steroid dienone is 3. The Hall–Kier alpha value is -2.77. The average Bonchev–Trinajstić information content (AvgIpc) is 3.09. The minimum Gasteiger partial charge on any atom is -0.490 e. The van der Waals surface area contributed by atoms with E-state index in [1.54, 1.807) is 12.1 Å². The van der Waals surface area contributed by atoms with Crippen LogP contribution in [0.4, 0.5) is 5.69 Å². The molecule has 2 aromatic carbocycles. The van der Waals surface area contributed by atoms with Crippen LogP contribution in [0.5, 0.6) is 5.75 Å². The van der Waals surface area contributed by atoms with Crippen molar-refractivity contribution in [1.29, 1.82) is 0 Å². The Bertz CT molecular complexity index is 1420. The molecule has 5 rings (SSSR count). The van der Waals surface area contributed by atoms with Crippen molar-refractivity contribution < 1.29 is 17.9 Å². The maximum atomic E-state index is 13.1. The van der Waals surface area contributed by atoms with Gasteiger partial charge in [0.1, 0.15) is 5.75 Å². The van der Waals surface area contributed by atoms with E-state index in [0.29, 0.717) is 24.0 Å². The first-order valence-electron chi connectivity index (χ1n) is 14.9. The Balaban J connectivity index is 1.48. The maximum absolute atomic E-state index is 13.1. The number of unbranched alkanes of at least 4 members (excludes halogenated alkanes) is 1. The van der Waals surface area contributed by atoms with Gasteiger partial charge in [-0.15, -0.1) is 6.58 Å². The summed E-state index contributed by atoms with van der Waals surface area (Å²) >= 11 is 6.39. The van der Waals surface area contributed by atoms with Gasteiger partial charge in [0, 0.05) is 29.1 Å². The molecule has 0 unspecified atom stereocenters. The van der Waals surface area contributed by atoms with Gasteiger partial charge < -0.3 is 9.64 Å². The molecular weight excluding hydrogens is 556 g/mol. The van der Waals surface area contributed by atoms with Crippen molar-refractivity contribution in [3.63, 3.8) is 0 Å². The van der Waals surface area contributed by atoms with Crippen LogP contribution < -0.4 is 14.4 Å². The summed E-state index contributed by atoms with van der Waals surface area (Å²) in [5.74, 6) is 0.979. The molecule has 1 spiro atoms. The van der Waals surface area contributed by atoms with Gasteiger partial charge in [0.2, 0.25) is 10.0 Å². The maximum Gasteiger partial charge on any atom is 0.264 e. The molecule has 3 aliphatic rings. The molecule has 2 aromatic rings. The number of hydrogen-bond donors (Lipinski definition) is 1. The summed E-state index contributed by atoms with van der Waals surface area (Å²) in [6.07, 6.45) is 14.2. The van der Waals surface area contributed by atoms with E-state index in [4.69, 9.17) is 16.3 Å². The fraction of sp³-hybridized carbons (Fsp3) is 0.485. The second-order valence-corrected chi connectivity index (χ2v) is 14.1. The topological polar surface area (TPSA) is 75.7 Å². The van der Waals surface area contributed by atoms with E-state index in [-0.39, 0.29) is 17.6 Å². The molecule has 6 nitrogen and oxygen atoms in total. The Morgan fingerprint density at radius 3 is 2.83 bits per heavy atom. The molecule has 1 aliphatic heterocycles. The lowest BCUT2D eigenvalue weighted by atomic mass is 9.69. The number of hydrogen-bond acceptors (Lipinski definition) is 5. The van der Waals surface area contributed by atoms with Gasteiger partial charge in [0.15, 0.2) is 0 Å². The van der Waals surface area contributed by atoms with Crippen molar-refractivity contribution in [2.45, 2.75) is 63.7 Å². The van der Waals surface area contributed by atoms with Crippen LogP contribution in [0.1, 0.15) is 73.4 Å². The summed E-state index contributed by atoms with van der Waals surface area (Å²) in [7, 11) is -3.76. The Morgan fingerprint density at radius 1 is 1.22 bits per heavy atom. The van der Waals surface area contributed by atoms with Crippen molar-refractivity contribution in [3.05, 3.63) is 82.9 Å². The lowest BCUT2D eigenvalue weighted by Crippen LogP contribution is -2.48. The van der Waals surface area contributed by atoms with Gasteiger partial charge in [-0.1, -0.05) is 49.2 Å². The Morgan fingerprint density at radius 2 is 2.07 bits per heavy atom. The first-order chi connectivity index (χ1) is 19.7. The highest BCUT2D eigenvalue weighted by molar-refractivity contribution is 7.90. The first-order valence-corrected chi connectivity index (χ1v) is 16.9. The molecule has 0 aromatic heterocycles. The molecule has 0 saturated heterocycles. The third-order valence-corrected chi connectivity index (χ3v) is 10.4. The lowest BCUT2D eigenvalue weighted by Gasteiger charge is -2.44. The number of nitrogens with zero attached hydrogens (tertiary/aromatic N) is 1. The van der Waals surface area contributed by atoms with Gasteiger partial charge in [-0.05, 0) is 98.2 Å². The van der Waals surface area contributed by atoms with E-state index in [0.717, 1.165) is 68.1 Å². The number of nitrogens with one attached hydrogen (secondary N) is 1. The van der Waals surface area contributed by atoms with E-state index < -0.39 is 15.9 Å². The minimum atomic E-state index is -3.76. The van der Waals surface area contributed by atoms with Gasteiger partial charge >= 0.3 is 0 Å². The van der Waals surface area contributed by atoms with Crippen LogP contribution in [0, 0.1) is 11.8 Å². The standard InChI is InChI=1S/C33H41ClN2O4S/c1-3-5-7-9-24-11-12-27(24)21-36-22-33(17-8-10-25-19-28(34)14-15-29(25)33)23-40-31-16-13-26(20-30(31)36)32(37)35-41(38,39)18-6-4-2/h4,7,9,13-16,19-20,24,27H,2-3,5-6,8,10-12,17-18,21-23H2,1H3,(H,35,37)/b9-7+/t24-,27+,33+/m1/s1. The number of sulfonamides is 1. The van der Waals surface area contributed by atoms with Crippen LogP contribution in [0.25, 0.3) is 0 Å². The summed E-state index contributed by atoms with van der Waals surface area (Å²) in [5, 5.41) is 0.755. The van der Waals surface area contributed by atoms with Gasteiger partial charge in [0.05, 0.1) is 18.0 Å². The number of ether oxygens (including phenoxy) is 1. The summed E-state index contributed by atoms with van der Waals surface area (Å²) in [6.45, 7) is 7.93. The zero-order valence-electron chi connectivity index (χ0n) is 23.9. The second-order valence-electron chi connectivity index (χ2n) is 11.8. The Kier molecular flexibility index (Phi) is 9.15. The summed E-state index contributed by atoms with van der Waals surface area (Å²) in [4.78, 5) is 15.5. The number of carbonyl (C=O) groups is 1. The molecule has 3 atom stereocenters. The molecule has 41 heavy (non-hydrogen) atoms. The van der Waals surface area contributed by atoms with Gasteiger partial charge in [-0.25, -0.2) is 13.1 Å². The molecule has 1 heterocycles. The number of amides is 1. The number of carbonyl (C=O) groups excluding carboxylic acids is 1. The molecule has 1 N–H and O–H groups in total. The predicted molar refractivity (Wildman–Crippen MR) is 167 cm³/mol. The first kappa shape index (κ1) is 29.7. The number of rotatable bonds is 10. The molecule has 1 fully saturated rings. The van der Waals surface area contributed by atoms with Gasteiger partial charge in [-0.2, -0.15) is 0 Å². The fourth-order valence-electron chi connectivity index (χ4n) is 6.54. The van der Waals surface area contributed by atoms with E-state index in [2.05, 4.69) is 47.4 Å². The highest BCUT2D eigenvalue weighted by atomic mass is 35.5. The third kappa shape index (κ3) is 6.67. The highest BCUT2D eigenvalue weighted by Crippen LogP contribution is 2.46. The Labute approximate surface area is 249 Å². The monoisotopic (exact) mass is 596 g/mol. The third-order valence-electron chi connectivity index (χ3n) is 8.91. The number of halogens is 1. The lowest BCUT2D eigenvalue weighted by molar-refractivity contribution is 0.0981. The average molecular weight is 597 g/mol. The second kappa shape index (κ2) is 12.6. The minimum absolute atomic E-state index is 0.178. The zero-order valence-corrected chi connectivity index (χ0v) is 25.5. The zero-order chi connectivity index (χ0) is 29.0. The molecule has 0 bridgehead atoms. The largest absolute Gasteiger partial charge is 0.490 e. The van der Waals surface area contributed by atoms with Gasteiger partial charge in [0.25, 0.3) is 5.91 Å². The molecule has 8 heteroatoms. The van der Waals surface area contributed by atoms with Crippen LogP contribution in [-0.2, 0) is 21.9 Å². The van der Waals surface area contributed by atoms with Crippen LogP contribution in [-0.4, -0.2) is 39.8 Å². The highest BCUT2D eigenvalue weighted by Gasteiger charge is 2.43. The van der Waals surface area contributed by atoms with Crippen LogP contribution >= 0.6 is 11.6 Å². The van der Waals surface area contributed by atoms with Crippen LogP contribution in [0.2, 0.25) is 5.02 Å². The van der Waals surface area contributed by atoms with Crippen molar-refractivity contribution >= 4 is 33.2 Å². The van der Waals surface area contributed by atoms with Crippen LogP contribution in [0.3, 0.4) is 0 Å². The number of aryl methyl sites for hydroxylation is 1. The summed E-state index contributed by atoms with van der Waals surface area (Å²) in [6, 6.07) is 11.5. The normalized spacial score (nSPS) is 23.7.